The Balaban J connectivity index is 1.64. The van der Waals surface area contributed by atoms with Crippen LogP contribution < -0.4 is 15.4 Å². The highest BCUT2D eigenvalue weighted by molar-refractivity contribution is 5.79. The number of aliphatic imine (C=N–C) groups is 1. The molecule has 1 atom stereocenters. The van der Waals surface area contributed by atoms with E-state index in [0.29, 0.717) is 37.1 Å². The van der Waals surface area contributed by atoms with Crippen LogP contribution in [0, 0.1) is 18.7 Å². The highest BCUT2D eigenvalue weighted by atomic mass is 19.1. The molecule has 1 unspecified atom stereocenters. The van der Waals surface area contributed by atoms with Crippen LogP contribution in [-0.2, 0) is 29.2 Å². The van der Waals surface area contributed by atoms with Crippen molar-refractivity contribution in [3.05, 3.63) is 64.5 Å². The Kier molecular flexibility index (Phi) is 9.31. The fraction of sp³-hybridized carbons (Fsp3) is 0.480. The van der Waals surface area contributed by atoms with E-state index in [9.17, 15) is 4.39 Å². The third kappa shape index (κ3) is 7.21. The number of guanidine groups is 1. The molecular formula is C25H34FN3O3. The highest BCUT2D eigenvalue weighted by Crippen LogP contribution is 2.22. The summed E-state index contributed by atoms with van der Waals surface area (Å²) in [7, 11) is 1.56. The Morgan fingerprint density at radius 1 is 1.19 bits per heavy atom. The molecule has 0 aromatic heterocycles. The number of nitrogens with zero attached hydrogens (tertiary/aromatic N) is 1. The van der Waals surface area contributed by atoms with Crippen molar-refractivity contribution in [1.82, 2.24) is 10.6 Å². The number of benzene rings is 2. The first-order valence-electron chi connectivity index (χ1n) is 11.2. The number of ether oxygens (including phenoxy) is 3. The average Bonchev–Trinajstić information content (AvgIpc) is 3.31. The maximum absolute atomic E-state index is 13.9. The first-order valence-corrected chi connectivity index (χ1v) is 11.2. The second-order valence-electron chi connectivity index (χ2n) is 8.06. The van der Waals surface area contributed by atoms with Crippen LogP contribution in [0.5, 0.6) is 5.75 Å². The van der Waals surface area contributed by atoms with Crippen LogP contribution in [0.25, 0.3) is 0 Å². The molecule has 0 radical (unpaired) electrons. The SMILES string of the molecule is CCNC(=NCc1ccc(F)c(COC)c1)NCc1ccc(C)cc1OCC1CCOC1. The second-order valence-corrected chi connectivity index (χ2v) is 8.06. The minimum Gasteiger partial charge on any atom is -0.493 e. The van der Waals surface area contributed by atoms with Gasteiger partial charge in [0.1, 0.15) is 11.6 Å². The van der Waals surface area contributed by atoms with E-state index >= 15 is 0 Å². The summed E-state index contributed by atoms with van der Waals surface area (Å²) in [5, 5.41) is 6.65. The fourth-order valence-electron chi connectivity index (χ4n) is 3.55. The number of hydrogen-bond acceptors (Lipinski definition) is 4. The van der Waals surface area contributed by atoms with Gasteiger partial charge in [0.25, 0.3) is 0 Å². The first kappa shape index (κ1) is 24.0. The predicted octanol–water partition coefficient (Wildman–Crippen LogP) is 3.95. The largest absolute Gasteiger partial charge is 0.493 e. The lowest BCUT2D eigenvalue weighted by Crippen LogP contribution is -2.36. The van der Waals surface area contributed by atoms with E-state index in [1.165, 1.54) is 6.07 Å². The molecule has 1 aliphatic rings. The van der Waals surface area contributed by atoms with Gasteiger partial charge in [-0.1, -0.05) is 18.2 Å². The zero-order valence-corrected chi connectivity index (χ0v) is 19.2. The molecule has 6 nitrogen and oxygen atoms in total. The Bertz CT molecular complexity index is 898. The third-order valence-corrected chi connectivity index (χ3v) is 5.34. The van der Waals surface area contributed by atoms with Crippen LogP contribution in [0.1, 0.15) is 35.6 Å². The molecule has 32 heavy (non-hydrogen) atoms. The van der Waals surface area contributed by atoms with E-state index in [-0.39, 0.29) is 12.4 Å². The van der Waals surface area contributed by atoms with Crippen molar-refractivity contribution in [2.45, 2.75) is 40.0 Å². The van der Waals surface area contributed by atoms with E-state index in [4.69, 9.17) is 14.2 Å². The van der Waals surface area contributed by atoms with Gasteiger partial charge in [-0.2, -0.15) is 0 Å². The van der Waals surface area contributed by atoms with E-state index in [1.807, 2.05) is 6.92 Å². The van der Waals surface area contributed by atoms with Crippen molar-refractivity contribution >= 4 is 5.96 Å². The lowest BCUT2D eigenvalue weighted by Gasteiger charge is -2.17. The molecule has 0 aliphatic carbocycles. The Morgan fingerprint density at radius 3 is 2.81 bits per heavy atom. The maximum Gasteiger partial charge on any atom is 0.191 e. The van der Waals surface area contributed by atoms with Crippen molar-refractivity contribution in [2.24, 2.45) is 10.9 Å². The van der Waals surface area contributed by atoms with Gasteiger partial charge >= 0.3 is 0 Å². The molecular weight excluding hydrogens is 409 g/mol. The summed E-state index contributed by atoms with van der Waals surface area (Å²) >= 11 is 0. The van der Waals surface area contributed by atoms with Gasteiger partial charge in [-0.3, -0.25) is 0 Å². The number of hydrogen-bond donors (Lipinski definition) is 2. The van der Waals surface area contributed by atoms with E-state index in [1.54, 1.807) is 19.2 Å². The normalized spacial score (nSPS) is 16.2. The molecule has 174 valence electrons. The summed E-state index contributed by atoms with van der Waals surface area (Å²) in [4.78, 5) is 4.66. The molecule has 0 saturated carbocycles. The molecule has 0 bridgehead atoms. The number of methoxy groups -OCH3 is 1. The van der Waals surface area contributed by atoms with Gasteiger partial charge < -0.3 is 24.8 Å². The van der Waals surface area contributed by atoms with Gasteiger partial charge in [-0.15, -0.1) is 0 Å². The Labute approximate surface area is 190 Å². The molecule has 1 fully saturated rings. The summed E-state index contributed by atoms with van der Waals surface area (Å²) in [6.07, 6.45) is 1.05. The van der Waals surface area contributed by atoms with Crippen LogP contribution in [0.3, 0.4) is 0 Å². The number of rotatable bonds is 10. The molecule has 1 heterocycles. The number of nitrogens with one attached hydrogen (secondary N) is 2. The Hall–Kier alpha value is -2.64. The van der Waals surface area contributed by atoms with Gasteiger partial charge in [-0.05, 0) is 49.6 Å². The van der Waals surface area contributed by atoms with Crippen molar-refractivity contribution in [3.63, 3.8) is 0 Å². The summed E-state index contributed by atoms with van der Waals surface area (Å²) in [6.45, 7) is 8.34. The maximum atomic E-state index is 13.9. The zero-order chi connectivity index (χ0) is 22.8. The molecule has 2 aromatic rings. The highest BCUT2D eigenvalue weighted by Gasteiger charge is 2.17. The van der Waals surface area contributed by atoms with Crippen molar-refractivity contribution in [3.8, 4) is 5.75 Å². The average molecular weight is 444 g/mol. The van der Waals surface area contributed by atoms with Gasteiger partial charge in [0, 0.05) is 43.9 Å². The van der Waals surface area contributed by atoms with Gasteiger partial charge in [-0.25, -0.2) is 9.38 Å². The van der Waals surface area contributed by atoms with Crippen LogP contribution >= 0.6 is 0 Å². The minimum atomic E-state index is -0.263. The molecule has 1 saturated heterocycles. The summed E-state index contributed by atoms with van der Waals surface area (Å²) < 4.78 is 30.5. The van der Waals surface area contributed by atoms with Crippen molar-refractivity contribution < 1.29 is 18.6 Å². The van der Waals surface area contributed by atoms with Crippen LogP contribution in [-0.4, -0.2) is 39.4 Å². The molecule has 0 spiro atoms. The monoisotopic (exact) mass is 443 g/mol. The topological polar surface area (TPSA) is 64.1 Å². The molecule has 0 amide bonds. The zero-order valence-electron chi connectivity index (χ0n) is 19.2. The number of aryl methyl sites for hydroxylation is 1. The van der Waals surface area contributed by atoms with Crippen molar-refractivity contribution in [1.29, 1.82) is 0 Å². The molecule has 1 aliphatic heterocycles. The third-order valence-electron chi connectivity index (χ3n) is 5.34. The van der Waals surface area contributed by atoms with Gasteiger partial charge in [0.15, 0.2) is 5.96 Å². The first-order chi connectivity index (χ1) is 15.6. The van der Waals surface area contributed by atoms with Gasteiger partial charge in [0.2, 0.25) is 0 Å². The minimum absolute atomic E-state index is 0.241. The standard InChI is InChI=1S/C25H34FN3O3/c1-4-27-25(28-13-19-6-8-23(26)22(12-19)17-30-3)29-14-21-7-5-18(2)11-24(21)32-16-20-9-10-31-15-20/h5-8,11-12,20H,4,9-10,13-17H2,1-3H3,(H2,27,28,29). The predicted molar refractivity (Wildman–Crippen MR) is 124 cm³/mol. The fourth-order valence-corrected chi connectivity index (χ4v) is 3.55. The lowest BCUT2D eigenvalue weighted by atomic mass is 10.1. The molecule has 7 heteroatoms. The lowest BCUT2D eigenvalue weighted by molar-refractivity contribution is 0.166. The number of halogens is 1. The van der Waals surface area contributed by atoms with E-state index in [2.05, 4.69) is 40.7 Å². The van der Waals surface area contributed by atoms with E-state index in [0.717, 1.165) is 48.6 Å². The van der Waals surface area contributed by atoms with Gasteiger partial charge in [0.05, 0.1) is 26.4 Å². The second kappa shape index (κ2) is 12.4. The van der Waals surface area contributed by atoms with Crippen LogP contribution in [0.15, 0.2) is 41.4 Å². The molecule has 2 N–H and O–H groups in total. The summed E-state index contributed by atoms with van der Waals surface area (Å²) in [5.74, 6) is 1.78. The quantitative estimate of drug-likeness (QED) is 0.430. The van der Waals surface area contributed by atoms with E-state index < -0.39 is 0 Å². The molecule has 3 rings (SSSR count). The van der Waals surface area contributed by atoms with Crippen LogP contribution in [0.4, 0.5) is 4.39 Å². The summed E-state index contributed by atoms with van der Waals surface area (Å²) in [6, 6.07) is 11.3. The molecule has 2 aromatic carbocycles. The van der Waals surface area contributed by atoms with Crippen molar-refractivity contribution in [2.75, 3.05) is 33.5 Å². The Morgan fingerprint density at radius 2 is 2.06 bits per heavy atom. The summed E-state index contributed by atoms with van der Waals surface area (Å²) in [5.41, 5.74) is 3.69. The smallest absolute Gasteiger partial charge is 0.191 e. The van der Waals surface area contributed by atoms with Crippen LogP contribution in [0.2, 0.25) is 0 Å².